The van der Waals surface area contributed by atoms with Crippen molar-refractivity contribution in [2.75, 3.05) is 6.54 Å². The quantitative estimate of drug-likeness (QED) is 0.811. The normalized spacial score (nSPS) is 11.9. The molecule has 0 aliphatic carbocycles. The summed E-state index contributed by atoms with van der Waals surface area (Å²) in [4.78, 5) is 1.28. The van der Waals surface area contributed by atoms with Gasteiger partial charge in [0.25, 0.3) is 0 Å². The zero-order valence-corrected chi connectivity index (χ0v) is 13.0. The van der Waals surface area contributed by atoms with Crippen molar-refractivity contribution in [2.45, 2.75) is 31.8 Å². The highest BCUT2D eigenvalue weighted by molar-refractivity contribution is 7.89. The number of aromatic nitrogens is 1. The highest BCUT2D eigenvalue weighted by Crippen LogP contribution is 2.19. The SMILES string of the molecule is CCNCc1cc(S(=O)(=O)NCc2cc(C)on2)cs1. The molecule has 110 valence electrons. The van der Waals surface area contributed by atoms with Gasteiger partial charge in [0.2, 0.25) is 10.0 Å². The minimum Gasteiger partial charge on any atom is -0.361 e. The fourth-order valence-electron chi connectivity index (χ4n) is 1.60. The number of nitrogens with one attached hydrogen (secondary N) is 2. The zero-order chi connectivity index (χ0) is 14.6. The molecule has 6 nitrogen and oxygen atoms in total. The highest BCUT2D eigenvalue weighted by atomic mass is 32.2. The average Bonchev–Trinajstić information content (AvgIpc) is 3.03. The largest absolute Gasteiger partial charge is 0.361 e. The van der Waals surface area contributed by atoms with Gasteiger partial charge in [0.1, 0.15) is 5.76 Å². The summed E-state index contributed by atoms with van der Waals surface area (Å²) in [5.74, 6) is 0.655. The van der Waals surface area contributed by atoms with Crippen molar-refractivity contribution in [1.29, 1.82) is 0 Å². The van der Waals surface area contributed by atoms with Crippen molar-refractivity contribution >= 4 is 21.4 Å². The molecule has 20 heavy (non-hydrogen) atoms. The molecule has 0 unspecified atom stereocenters. The number of aryl methyl sites for hydroxylation is 1. The van der Waals surface area contributed by atoms with Gasteiger partial charge in [-0.15, -0.1) is 11.3 Å². The van der Waals surface area contributed by atoms with E-state index in [9.17, 15) is 8.42 Å². The first-order valence-corrected chi connectivity index (χ1v) is 8.57. The van der Waals surface area contributed by atoms with Gasteiger partial charge >= 0.3 is 0 Å². The van der Waals surface area contributed by atoms with Gasteiger partial charge < -0.3 is 9.84 Å². The summed E-state index contributed by atoms with van der Waals surface area (Å²) in [6, 6.07) is 3.39. The molecule has 2 aromatic heterocycles. The van der Waals surface area contributed by atoms with Crippen LogP contribution in [0.2, 0.25) is 0 Å². The molecule has 8 heteroatoms. The van der Waals surface area contributed by atoms with E-state index in [0.29, 0.717) is 18.0 Å². The van der Waals surface area contributed by atoms with Crippen LogP contribution in [0.3, 0.4) is 0 Å². The Morgan fingerprint density at radius 3 is 2.80 bits per heavy atom. The summed E-state index contributed by atoms with van der Waals surface area (Å²) in [7, 11) is -3.50. The minimum absolute atomic E-state index is 0.123. The Kier molecular flexibility index (Phi) is 4.92. The first kappa shape index (κ1) is 15.2. The number of rotatable bonds is 7. The second-order valence-corrected chi connectivity index (χ2v) is 7.05. The van der Waals surface area contributed by atoms with Crippen LogP contribution in [0.5, 0.6) is 0 Å². The lowest BCUT2D eigenvalue weighted by atomic mass is 10.4. The van der Waals surface area contributed by atoms with Gasteiger partial charge in [-0.1, -0.05) is 12.1 Å². The summed E-state index contributed by atoms with van der Waals surface area (Å²) in [5.41, 5.74) is 0.564. The minimum atomic E-state index is -3.50. The molecule has 0 spiro atoms. The third-order valence-electron chi connectivity index (χ3n) is 2.61. The Bertz CT molecular complexity index is 661. The molecule has 0 aromatic carbocycles. The Morgan fingerprint density at radius 1 is 1.35 bits per heavy atom. The van der Waals surface area contributed by atoms with Crippen LogP contribution in [0.25, 0.3) is 0 Å². The third-order valence-corrected chi connectivity index (χ3v) is 5.08. The Hall–Kier alpha value is -1.22. The van der Waals surface area contributed by atoms with E-state index in [0.717, 1.165) is 11.4 Å². The van der Waals surface area contributed by atoms with E-state index < -0.39 is 10.0 Å². The topological polar surface area (TPSA) is 84.2 Å². The molecule has 0 aliphatic heterocycles. The smallest absolute Gasteiger partial charge is 0.241 e. The van der Waals surface area contributed by atoms with Crippen molar-refractivity contribution in [1.82, 2.24) is 15.2 Å². The Balaban J connectivity index is 2.00. The molecule has 0 saturated carbocycles. The van der Waals surface area contributed by atoms with Gasteiger partial charge in [-0.25, -0.2) is 13.1 Å². The van der Waals surface area contributed by atoms with Crippen molar-refractivity contribution in [3.63, 3.8) is 0 Å². The maximum Gasteiger partial charge on any atom is 0.241 e. The molecule has 2 N–H and O–H groups in total. The van der Waals surface area contributed by atoms with Crippen LogP contribution in [-0.4, -0.2) is 20.1 Å². The molecular formula is C12H17N3O3S2. The van der Waals surface area contributed by atoms with E-state index in [-0.39, 0.29) is 11.4 Å². The predicted molar refractivity (Wildman–Crippen MR) is 77.0 cm³/mol. The van der Waals surface area contributed by atoms with E-state index in [2.05, 4.69) is 15.2 Å². The van der Waals surface area contributed by atoms with Crippen LogP contribution in [0, 0.1) is 6.92 Å². The molecule has 0 amide bonds. The van der Waals surface area contributed by atoms with Crippen molar-refractivity contribution < 1.29 is 12.9 Å². The summed E-state index contributed by atoms with van der Waals surface area (Å²) in [6.07, 6.45) is 0. The predicted octanol–water partition coefficient (Wildman–Crippen LogP) is 1.63. The molecule has 0 saturated heterocycles. The molecule has 2 aromatic rings. The van der Waals surface area contributed by atoms with Crippen molar-refractivity contribution in [2.24, 2.45) is 0 Å². The maximum absolute atomic E-state index is 12.1. The second kappa shape index (κ2) is 6.49. The summed E-state index contributed by atoms with van der Waals surface area (Å²) in [5, 5.41) is 8.55. The molecule has 0 bridgehead atoms. The standard InChI is InChI=1S/C12H17N3O3S2/c1-3-13-7-11-5-12(8-19-11)20(16,17)14-6-10-4-9(2)18-15-10/h4-5,8,13-14H,3,6-7H2,1-2H3. The van der Waals surface area contributed by atoms with Crippen molar-refractivity contribution in [3.05, 3.63) is 33.8 Å². The molecule has 0 radical (unpaired) electrons. The van der Waals surface area contributed by atoms with Crippen LogP contribution < -0.4 is 10.0 Å². The van der Waals surface area contributed by atoms with Gasteiger partial charge in [-0.3, -0.25) is 0 Å². The van der Waals surface area contributed by atoms with E-state index in [1.165, 1.54) is 11.3 Å². The van der Waals surface area contributed by atoms with E-state index in [4.69, 9.17) is 4.52 Å². The summed E-state index contributed by atoms with van der Waals surface area (Å²) in [6.45, 7) is 5.42. The second-order valence-electron chi connectivity index (χ2n) is 4.28. The number of sulfonamides is 1. The van der Waals surface area contributed by atoms with Crippen LogP contribution in [0.15, 0.2) is 26.9 Å². The maximum atomic E-state index is 12.1. The first-order valence-electron chi connectivity index (χ1n) is 6.21. The van der Waals surface area contributed by atoms with Crippen LogP contribution >= 0.6 is 11.3 Å². The van der Waals surface area contributed by atoms with Crippen LogP contribution in [0.1, 0.15) is 23.3 Å². The van der Waals surface area contributed by atoms with Crippen LogP contribution in [-0.2, 0) is 23.1 Å². The van der Waals surface area contributed by atoms with Gasteiger partial charge in [0, 0.05) is 22.9 Å². The summed E-state index contributed by atoms with van der Waals surface area (Å²) >= 11 is 1.43. The summed E-state index contributed by atoms with van der Waals surface area (Å²) < 4.78 is 31.6. The van der Waals surface area contributed by atoms with Crippen LogP contribution in [0.4, 0.5) is 0 Å². The zero-order valence-electron chi connectivity index (χ0n) is 11.3. The molecule has 2 heterocycles. The lowest BCUT2D eigenvalue weighted by molar-refractivity contribution is 0.390. The lowest BCUT2D eigenvalue weighted by Gasteiger charge is -2.02. The fraction of sp³-hybridized carbons (Fsp3) is 0.417. The molecular weight excluding hydrogens is 298 g/mol. The molecule has 0 atom stereocenters. The van der Waals surface area contributed by atoms with Crippen molar-refractivity contribution in [3.8, 4) is 0 Å². The monoisotopic (exact) mass is 315 g/mol. The lowest BCUT2D eigenvalue weighted by Crippen LogP contribution is -2.23. The van der Waals surface area contributed by atoms with Gasteiger partial charge in [0.05, 0.1) is 17.1 Å². The molecule has 0 fully saturated rings. The number of hydrogen-bond donors (Lipinski definition) is 2. The van der Waals surface area contributed by atoms with E-state index >= 15 is 0 Å². The van der Waals surface area contributed by atoms with Gasteiger partial charge in [-0.2, -0.15) is 0 Å². The molecule has 0 aliphatic rings. The van der Waals surface area contributed by atoms with Gasteiger partial charge in [-0.05, 0) is 19.5 Å². The highest BCUT2D eigenvalue weighted by Gasteiger charge is 2.16. The molecule has 2 rings (SSSR count). The fourth-order valence-corrected chi connectivity index (χ4v) is 3.84. The third kappa shape index (κ3) is 3.89. The number of thiophene rings is 1. The van der Waals surface area contributed by atoms with Gasteiger partial charge in [0.15, 0.2) is 0 Å². The number of nitrogens with zero attached hydrogens (tertiary/aromatic N) is 1. The first-order chi connectivity index (χ1) is 9.51. The average molecular weight is 315 g/mol. The number of hydrogen-bond acceptors (Lipinski definition) is 6. The Morgan fingerprint density at radius 2 is 2.15 bits per heavy atom. The Labute approximate surface area is 122 Å². The van der Waals surface area contributed by atoms with E-state index in [1.807, 2.05) is 6.92 Å². The van der Waals surface area contributed by atoms with E-state index in [1.54, 1.807) is 24.4 Å².